The molecule has 1 aromatic heterocycles. The van der Waals surface area contributed by atoms with E-state index in [9.17, 15) is 4.79 Å². The van der Waals surface area contributed by atoms with Gasteiger partial charge in [0.1, 0.15) is 12.3 Å². The van der Waals surface area contributed by atoms with E-state index in [0.29, 0.717) is 19.0 Å². The number of furan rings is 1. The van der Waals surface area contributed by atoms with Crippen molar-refractivity contribution in [2.24, 2.45) is 4.99 Å². The number of amides is 1. The molecule has 1 atom stereocenters. The molecule has 0 bridgehead atoms. The van der Waals surface area contributed by atoms with Crippen molar-refractivity contribution in [3.8, 4) is 0 Å². The highest BCUT2D eigenvalue weighted by molar-refractivity contribution is 5.84. The molecule has 0 aromatic carbocycles. The zero-order chi connectivity index (χ0) is 18.1. The number of aliphatic imine (C=N–C) groups is 1. The molecule has 7 nitrogen and oxygen atoms in total. The van der Waals surface area contributed by atoms with Crippen LogP contribution in [0.25, 0.3) is 0 Å². The van der Waals surface area contributed by atoms with Crippen LogP contribution in [0.2, 0.25) is 0 Å². The molecule has 0 aliphatic carbocycles. The molecule has 1 amide bonds. The quantitative estimate of drug-likeness (QED) is 0.420. The van der Waals surface area contributed by atoms with Gasteiger partial charge in [0.2, 0.25) is 5.91 Å². The predicted molar refractivity (Wildman–Crippen MR) is 99.5 cm³/mol. The van der Waals surface area contributed by atoms with Crippen molar-refractivity contribution in [3.05, 3.63) is 36.8 Å². The van der Waals surface area contributed by atoms with Crippen LogP contribution in [-0.4, -0.2) is 68.5 Å². The Morgan fingerprint density at radius 3 is 2.80 bits per heavy atom. The summed E-state index contributed by atoms with van der Waals surface area (Å²) in [7, 11) is 3.45. The van der Waals surface area contributed by atoms with Gasteiger partial charge in [-0.1, -0.05) is 6.08 Å². The molecule has 0 spiro atoms. The molecule has 1 aromatic rings. The molecule has 1 aliphatic rings. The third kappa shape index (κ3) is 5.94. The minimum absolute atomic E-state index is 0.0400. The van der Waals surface area contributed by atoms with Gasteiger partial charge in [0.25, 0.3) is 0 Å². The van der Waals surface area contributed by atoms with E-state index >= 15 is 0 Å². The van der Waals surface area contributed by atoms with Crippen LogP contribution in [0, 0.1) is 0 Å². The molecule has 1 aliphatic heterocycles. The van der Waals surface area contributed by atoms with E-state index < -0.39 is 0 Å². The van der Waals surface area contributed by atoms with E-state index in [4.69, 9.17) is 4.42 Å². The van der Waals surface area contributed by atoms with E-state index in [1.807, 2.05) is 12.1 Å². The van der Waals surface area contributed by atoms with Gasteiger partial charge in [0, 0.05) is 27.2 Å². The first-order chi connectivity index (χ1) is 12.1. The molecule has 0 radical (unpaired) electrons. The Morgan fingerprint density at radius 1 is 1.44 bits per heavy atom. The Bertz CT molecular complexity index is 562. The molecule has 2 N–H and O–H groups in total. The second-order valence-corrected chi connectivity index (χ2v) is 6.28. The van der Waals surface area contributed by atoms with Crippen LogP contribution >= 0.6 is 0 Å². The van der Waals surface area contributed by atoms with Crippen molar-refractivity contribution >= 4 is 11.9 Å². The minimum Gasteiger partial charge on any atom is -0.468 e. The molecule has 2 heterocycles. The van der Waals surface area contributed by atoms with Gasteiger partial charge in [0.15, 0.2) is 5.96 Å². The Morgan fingerprint density at radius 2 is 2.20 bits per heavy atom. The SMILES string of the molecule is C=CCNC(=NCC(=O)N(C)C)NCC(c1ccco1)N1CCCC1. The second-order valence-electron chi connectivity index (χ2n) is 6.28. The van der Waals surface area contributed by atoms with Crippen LogP contribution in [0.4, 0.5) is 0 Å². The Kier molecular flexibility index (Phi) is 7.53. The Labute approximate surface area is 149 Å². The number of guanidine groups is 1. The van der Waals surface area contributed by atoms with E-state index in [1.165, 1.54) is 17.7 Å². The van der Waals surface area contributed by atoms with Gasteiger partial charge in [-0.2, -0.15) is 0 Å². The van der Waals surface area contributed by atoms with Crippen molar-refractivity contribution < 1.29 is 9.21 Å². The van der Waals surface area contributed by atoms with Crippen LogP contribution in [0.1, 0.15) is 24.6 Å². The van der Waals surface area contributed by atoms with Crippen molar-refractivity contribution in [2.75, 3.05) is 46.8 Å². The first-order valence-corrected chi connectivity index (χ1v) is 8.72. The lowest BCUT2D eigenvalue weighted by molar-refractivity contribution is -0.127. The maximum Gasteiger partial charge on any atom is 0.243 e. The highest BCUT2D eigenvalue weighted by atomic mass is 16.3. The third-order valence-corrected chi connectivity index (χ3v) is 4.20. The number of nitrogens with one attached hydrogen (secondary N) is 2. The maximum absolute atomic E-state index is 11.8. The highest BCUT2D eigenvalue weighted by Crippen LogP contribution is 2.24. The summed E-state index contributed by atoms with van der Waals surface area (Å²) < 4.78 is 5.63. The first-order valence-electron chi connectivity index (χ1n) is 8.72. The van der Waals surface area contributed by atoms with Gasteiger partial charge in [-0.15, -0.1) is 6.58 Å². The lowest BCUT2D eigenvalue weighted by atomic mass is 10.2. The number of carbonyl (C=O) groups excluding carboxylic acids is 1. The summed E-state index contributed by atoms with van der Waals surface area (Å²) in [6.45, 7) is 7.19. The van der Waals surface area contributed by atoms with E-state index in [0.717, 1.165) is 18.8 Å². The topological polar surface area (TPSA) is 73.1 Å². The van der Waals surface area contributed by atoms with Crippen molar-refractivity contribution in [3.63, 3.8) is 0 Å². The zero-order valence-electron chi connectivity index (χ0n) is 15.2. The molecule has 0 saturated carbocycles. The largest absolute Gasteiger partial charge is 0.468 e. The van der Waals surface area contributed by atoms with Gasteiger partial charge in [-0.3, -0.25) is 9.69 Å². The standard InChI is InChI=1S/C18H29N5O2/c1-4-9-19-18(21-14-17(24)22(2)3)20-13-15(16-8-7-12-25-16)23-10-5-6-11-23/h4,7-8,12,15H,1,5-6,9-11,13-14H2,2-3H3,(H2,19,20,21). The number of likely N-dealkylation sites (tertiary alicyclic amines) is 1. The number of rotatable bonds is 8. The van der Waals surface area contributed by atoms with Gasteiger partial charge >= 0.3 is 0 Å². The summed E-state index contributed by atoms with van der Waals surface area (Å²) in [6, 6.07) is 4.07. The molecule has 2 rings (SSSR count). The lowest BCUT2D eigenvalue weighted by Crippen LogP contribution is -2.43. The monoisotopic (exact) mass is 347 g/mol. The van der Waals surface area contributed by atoms with Crippen LogP contribution < -0.4 is 10.6 Å². The molecule has 1 saturated heterocycles. The molecule has 1 fully saturated rings. The average molecular weight is 347 g/mol. The summed E-state index contributed by atoms with van der Waals surface area (Å²) in [6.07, 6.45) is 5.89. The van der Waals surface area contributed by atoms with E-state index in [-0.39, 0.29) is 18.5 Å². The maximum atomic E-state index is 11.8. The summed E-state index contributed by atoms with van der Waals surface area (Å²) >= 11 is 0. The first kappa shape index (κ1) is 19.1. The minimum atomic E-state index is -0.0400. The Balaban J connectivity index is 2.01. The lowest BCUT2D eigenvalue weighted by Gasteiger charge is -2.26. The Hall–Kier alpha value is -2.28. The third-order valence-electron chi connectivity index (χ3n) is 4.20. The van der Waals surface area contributed by atoms with Crippen LogP contribution in [0.5, 0.6) is 0 Å². The number of hydrogen-bond acceptors (Lipinski definition) is 4. The van der Waals surface area contributed by atoms with E-state index in [1.54, 1.807) is 26.4 Å². The molecule has 138 valence electrons. The molecule has 25 heavy (non-hydrogen) atoms. The molecular weight excluding hydrogens is 318 g/mol. The van der Waals surface area contributed by atoms with Gasteiger partial charge < -0.3 is 20.0 Å². The normalized spacial score (nSPS) is 16.5. The van der Waals surface area contributed by atoms with Crippen LogP contribution in [0.3, 0.4) is 0 Å². The van der Waals surface area contributed by atoms with Crippen molar-refractivity contribution in [1.29, 1.82) is 0 Å². The number of carbonyl (C=O) groups is 1. The predicted octanol–water partition coefficient (Wildman–Crippen LogP) is 1.23. The van der Waals surface area contributed by atoms with Crippen LogP contribution in [-0.2, 0) is 4.79 Å². The number of likely N-dealkylation sites (N-methyl/N-ethyl adjacent to an activating group) is 1. The summed E-state index contributed by atoms with van der Waals surface area (Å²) in [4.78, 5) is 20.1. The molecule has 1 unspecified atom stereocenters. The highest BCUT2D eigenvalue weighted by Gasteiger charge is 2.25. The van der Waals surface area contributed by atoms with Gasteiger partial charge in [-0.05, 0) is 38.1 Å². The fourth-order valence-corrected chi connectivity index (χ4v) is 2.77. The number of hydrogen-bond donors (Lipinski definition) is 2. The summed E-state index contributed by atoms with van der Waals surface area (Å²) in [5, 5.41) is 6.49. The van der Waals surface area contributed by atoms with Crippen molar-refractivity contribution in [1.82, 2.24) is 20.4 Å². The van der Waals surface area contributed by atoms with Gasteiger partial charge in [0.05, 0.1) is 12.3 Å². The second kappa shape index (κ2) is 9.88. The van der Waals surface area contributed by atoms with Crippen LogP contribution in [0.15, 0.2) is 40.5 Å². The smallest absolute Gasteiger partial charge is 0.243 e. The number of nitrogens with zero attached hydrogens (tertiary/aromatic N) is 3. The van der Waals surface area contributed by atoms with Gasteiger partial charge in [-0.25, -0.2) is 4.99 Å². The summed E-state index contributed by atoms with van der Waals surface area (Å²) in [5.41, 5.74) is 0. The zero-order valence-corrected chi connectivity index (χ0v) is 15.2. The van der Waals surface area contributed by atoms with Crippen molar-refractivity contribution in [2.45, 2.75) is 18.9 Å². The fraction of sp³-hybridized carbons (Fsp3) is 0.556. The molecule has 7 heteroatoms. The fourth-order valence-electron chi connectivity index (χ4n) is 2.77. The summed E-state index contributed by atoms with van der Waals surface area (Å²) in [5.74, 6) is 1.51. The van der Waals surface area contributed by atoms with E-state index in [2.05, 4.69) is 27.1 Å². The average Bonchev–Trinajstić information content (AvgIpc) is 3.30. The molecular formula is C18H29N5O2.